The number of imidazole rings is 1. The summed E-state index contributed by atoms with van der Waals surface area (Å²) >= 11 is 1.23. The van der Waals surface area contributed by atoms with Crippen LogP contribution in [0.1, 0.15) is 17.4 Å². The van der Waals surface area contributed by atoms with Gasteiger partial charge in [-0.15, -0.1) is 11.3 Å². The summed E-state index contributed by atoms with van der Waals surface area (Å²) in [5.74, 6) is 0.314. The molecule has 1 amide bonds. The van der Waals surface area contributed by atoms with Crippen LogP contribution < -0.4 is 26.0 Å². The summed E-state index contributed by atoms with van der Waals surface area (Å²) in [6.07, 6.45) is 3.36. The van der Waals surface area contributed by atoms with Gasteiger partial charge >= 0.3 is 5.69 Å². The summed E-state index contributed by atoms with van der Waals surface area (Å²) in [6.45, 7) is 7.47. The fourth-order valence-corrected chi connectivity index (χ4v) is 5.30. The summed E-state index contributed by atoms with van der Waals surface area (Å²) in [7, 11) is 0. The Labute approximate surface area is 216 Å². The summed E-state index contributed by atoms with van der Waals surface area (Å²) in [4.78, 5) is 39.6. The fourth-order valence-electron chi connectivity index (χ4n) is 4.48. The number of pyridine rings is 1. The van der Waals surface area contributed by atoms with E-state index in [4.69, 9.17) is 9.47 Å². The van der Waals surface area contributed by atoms with Crippen LogP contribution in [0.3, 0.4) is 0 Å². The molecule has 192 valence electrons. The first kappa shape index (κ1) is 23.6. The van der Waals surface area contributed by atoms with Crippen molar-refractivity contribution < 1.29 is 14.3 Å². The van der Waals surface area contributed by atoms with Gasteiger partial charge in [-0.2, -0.15) is 0 Å². The van der Waals surface area contributed by atoms with Crippen molar-refractivity contribution in [3.63, 3.8) is 0 Å². The standard InChI is InChI=1S/C25H27N7O4S/c1-25(13-35-14-25)15-36-16-2-3-21-17(10-16)29-23(34)32(21)24-30-19(12-37-24)22(33)28-18-11-27-5-4-20(18)31-8-6-26-7-9-31/h2-5,10-12,26H,6-9,13-15H2,1H3,(H,28,33)(H,29,34). The van der Waals surface area contributed by atoms with Gasteiger partial charge in [0.2, 0.25) is 0 Å². The highest BCUT2D eigenvalue weighted by molar-refractivity contribution is 7.12. The van der Waals surface area contributed by atoms with Crippen molar-refractivity contribution >= 4 is 39.7 Å². The SMILES string of the molecule is CC1(COc2ccc3c(c2)[nH]c(=O)n3-c2nc(C(=O)Nc3cnccc3N3CCNCC3)cs2)COC1. The van der Waals surface area contributed by atoms with Crippen molar-refractivity contribution in [2.75, 3.05) is 56.2 Å². The molecule has 5 heterocycles. The lowest BCUT2D eigenvalue weighted by molar-refractivity contribution is -0.120. The van der Waals surface area contributed by atoms with E-state index >= 15 is 0 Å². The van der Waals surface area contributed by atoms with Crippen LogP contribution in [-0.4, -0.2) is 71.4 Å². The van der Waals surface area contributed by atoms with Crippen LogP contribution in [0.25, 0.3) is 16.2 Å². The Balaban J connectivity index is 1.21. The number of piperazine rings is 1. The highest BCUT2D eigenvalue weighted by Gasteiger charge is 2.34. The molecule has 6 rings (SSSR count). The second kappa shape index (κ2) is 9.61. The van der Waals surface area contributed by atoms with E-state index in [1.165, 1.54) is 15.9 Å². The topological polar surface area (TPSA) is 126 Å². The minimum atomic E-state index is -0.357. The number of rotatable bonds is 7. The van der Waals surface area contributed by atoms with Crippen LogP contribution in [0, 0.1) is 5.41 Å². The molecule has 2 fully saturated rings. The number of hydrogen-bond donors (Lipinski definition) is 3. The second-order valence-corrected chi connectivity index (χ2v) is 10.5. The third kappa shape index (κ3) is 4.70. The minimum Gasteiger partial charge on any atom is -0.493 e. The molecule has 0 bridgehead atoms. The Morgan fingerprint density at radius 2 is 2.11 bits per heavy atom. The number of fused-ring (bicyclic) bond motifs is 1. The average molecular weight is 522 g/mol. The lowest BCUT2D eigenvalue weighted by atomic mass is 9.90. The molecule has 2 aliphatic rings. The first-order valence-electron chi connectivity index (χ1n) is 12.1. The minimum absolute atomic E-state index is 0.0216. The predicted molar refractivity (Wildman–Crippen MR) is 141 cm³/mol. The van der Waals surface area contributed by atoms with Gasteiger partial charge in [-0.3, -0.25) is 9.78 Å². The first-order valence-corrected chi connectivity index (χ1v) is 13.0. The Bertz CT molecular complexity index is 1500. The second-order valence-electron chi connectivity index (χ2n) is 9.64. The van der Waals surface area contributed by atoms with Crippen LogP contribution in [0.5, 0.6) is 5.75 Å². The van der Waals surface area contributed by atoms with Crippen molar-refractivity contribution in [3.8, 4) is 10.9 Å². The number of aromatic amines is 1. The largest absolute Gasteiger partial charge is 0.493 e. The van der Waals surface area contributed by atoms with Crippen LogP contribution in [0.4, 0.5) is 11.4 Å². The zero-order valence-corrected chi connectivity index (χ0v) is 21.1. The van der Waals surface area contributed by atoms with Gasteiger partial charge in [-0.05, 0) is 18.2 Å². The normalized spacial score (nSPS) is 16.9. The third-order valence-corrected chi connectivity index (χ3v) is 7.39. The first-order chi connectivity index (χ1) is 18.0. The van der Waals surface area contributed by atoms with E-state index in [9.17, 15) is 9.59 Å². The molecule has 0 atom stereocenters. The van der Waals surface area contributed by atoms with Crippen LogP contribution in [-0.2, 0) is 4.74 Å². The van der Waals surface area contributed by atoms with Gasteiger partial charge in [-0.1, -0.05) is 6.92 Å². The molecule has 0 unspecified atom stereocenters. The van der Waals surface area contributed by atoms with E-state index in [0.29, 0.717) is 47.4 Å². The zero-order valence-electron chi connectivity index (χ0n) is 20.3. The molecule has 3 N–H and O–H groups in total. The van der Waals surface area contributed by atoms with Gasteiger partial charge < -0.3 is 30.0 Å². The molecule has 12 heteroatoms. The van der Waals surface area contributed by atoms with E-state index in [0.717, 1.165) is 31.9 Å². The molecule has 2 saturated heterocycles. The molecule has 4 aromatic rings. The van der Waals surface area contributed by atoms with Crippen LogP contribution in [0.15, 0.2) is 46.8 Å². The number of amides is 1. The molecule has 1 aromatic carbocycles. The maximum absolute atomic E-state index is 13.1. The number of hydrogen-bond acceptors (Lipinski definition) is 9. The number of aromatic nitrogens is 4. The molecular formula is C25H27N7O4S. The van der Waals surface area contributed by atoms with Crippen molar-refractivity contribution in [3.05, 3.63) is 58.2 Å². The molecule has 37 heavy (non-hydrogen) atoms. The molecule has 0 saturated carbocycles. The maximum atomic E-state index is 13.1. The number of carbonyl (C=O) groups is 1. The maximum Gasteiger partial charge on any atom is 0.332 e. The third-order valence-electron chi connectivity index (χ3n) is 6.56. The number of carbonyl (C=O) groups excluding carboxylic acids is 1. The Hall–Kier alpha value is -3.74. The van der Waals surface area contributed by atoms with E-state index in [2.05, 4.69) is 37.4 Å². The Kier molecular flexibility index (Phi) is 6.14. The van der Waals surface area contributed by atoms with Gasteiger partial charge in [0, 0.05) is 49.2 Å². The van der Waals surface area contributed by atoms with Crippen molar-refractivity contribution in [1.29, 1.82) is 0 Å². The monoisotopic (exact) mass is 521 g/mol. The number of thiazole rings is 1. The van der Waals surface area contributed by atoms with Crippen molar-refractivity contribution in [1.82, 2.24) is 24.8 Å². The summed E-state index contributed by atoms with van der Waals surface area (Å²) in [5, 5.41) is 8.32. The summed E-state index contributed by atoms with van der Waals surface area (Å²) in [5.41, 5.74) is 2.76. The van der Waals surface area contributed by atoms with Gasteiger partial charge in [-0.25, -0.2) is 14.3 Å². The number of ether oxygens (including phenoxy) is 2. The molecule has 0 spiro atoms. The number of H-pyrrole nitrogens is 1. The lowest BCUT2D eigenvalue weighted by Gasteiger charge is -2.37. The van der Waals surface area contributed by atoms with E-state index in [-0.39, 0.29) is 22.7 Å². The van der Waals surface area contributed by atoms with E-state index in [1.807, 2.05) is 18.2 Å². The molecule has 0 radical (unpaired) electrons. The van der Waals surface area contributed by atoms with Crippen LogP contribution in [0.2, 0.25) is 0 Å². The van der Waals surface area contributed by atoms with Gasteiger partial charge in [0.05, 0.1) is 48.4 Å². The van der Waals surface area contributed by atoms with Gasteiger partial charge in [0.25, 0.3) is 5.91 Å². The quantitative estimate of drug-likeness (QED) is 0.338. The average Bonchev–Trinajstić information content (AvgIpc) is 3.50. The highest BCUT2D eigenvalue weighted by Crippen LogP contribution is 2.29. The fraction of sp³-hybridized carbons (Fsp3) is 0.360. The van der Waals surface area contributed by atoms with E-state index in [1.54, 1.807) is 23.8 Å². The highest BCUT2D eigenvalue weighted by atomic mass is 32.1. The predicted octanol–water partition coefficient (Wildman–Crippen LogP) is 2.25. The molecule has 3 aromatic heterocycles. The Morgan fingerprint density at radius 1 is 1.27 bits per heavy atom. The molecular weight excluding hydrogens is 494 g/mol. The molecule has 0 aliphatic carbocycles. The summed E-state index contributed by atoms with van der Waals surface area (Å²) in [6, 6.07) is 7.35. The lowest BCUT2D eigenvalue weighted by Crippen LogP contribution is -2.44. The molecule has 11 nitrogen and oxygen atoms in total. The van der Waals surface area contributed by atoms with Gasteiger partial charge in [0.1, 0.15) is 11.4 Å². The van der Waals surface area contributed by atoms with Crippen LogP contribution >= 0.6 is 11.3 Å². The number of benzene rings is 1. The van der Waals surface area contributed by atoms with Crippen molar-refractivity contribution in [2.24, 2.45) is 5.41 Å². The van der Waals surface area contributed by atoms with Crippen molar-refractivity contribution in [2.45, 2.75) is 6.92 Å². The Morgan fingerprint density at radius 3 is 2.89 bits per heavy atom. The van der Waals surface area contributed by atoms with Gasteiger partial charge in [0.15, 0.2) is 5.13 Å². The smallest absolute Gasteiger partial charge is 0.332 e. The van der Waals surface area contributed by atoms with E-state index < -0.39 is 0 Å². The summed E-state index contributed by atoms with van der Waals surface area (Å²) < 4.78 is 12.7. The number of nitrogens with zero attached hydrogens (tertiary/aromatic N) is 4. The molecule has 2 aliphatic heterocycles. The number of nitrogens with one attached hydrogen (secondary N) is 3. The number of anilines is 2. The zero-order chi connectivity index (χ0) is 25.4.